The zero-order valence-corrected chi connectivity index (χ0v) is 14.7. The molecular weight excluding hydrogens is 310 g/mol. The summed E-state index contributed by atoms with van der Waals surface area (Å²) in [6.45, 7) is 2.58. The molecule has 3 nitrogen and oxygen atoms in total. The fourth-order valence-corrected chi connectivity index (χ4v) is 2.99. The van der Waals surface area contributed by atoms with Gasteiger partial charge in [-0.2, -0.15) is 0 Å². The predicted molar refractivity (Wildman–Crippen MR) is 102 cm³/mol. The fourth-order valence-electron chi connectivity index (χ4n) is 2.99. The number of hydrogen-bond donors (Lipinski definition) is 1. The van der Waals surface area contributed by atoms with E-state index < -0.39 is 0 Å². The zero-order chi connectivity index (χ0) is 17.6. The number of carbonyl (C=O) groups excluding carboxylic acids is 1. The molecule has 3 rings (SSSR count). The van der Waals surface area contributed by atoms with Crippen molar-refractivity contribution in [2.45, 2.75) is 26.3 Å². The Morgan fingerprint density at radius 1 is 0.960 bits per heavy atom. The van der Waals surface area contributed by atoms with Gasteiger partial charge in [0.1, 0.15) is 5.75 Å². The number of aryl methyl sites for hydroxylation is 2. The summed E-state index contributed by atoms with van der Waals surface area (Å²) in [5.41, 5.74) is 3.36. The van der Waals surface area contributed by atoms with Gasteiger partial charge in [0.15, 0.2) is 0 Å². The predicted octanol–water partition coefficient (Wildman–Crippen LogP) is 4.41. The highest BCUT2D eigenvalue weighted by atomic mass is 16.5. The molecule has 0 aliphatic carbocycles. The topological polar surface area (TPSA) is 38.3 Å². The van der Waals surface area contributed by atoms with Crippen LogP contribution in [0.2, 0.25) is 0 Å². The van der Waals surface area contributed by atoms with Gasteiger partial charge < -0.3 is 10.1 Å². The first-order valence-corrected chi connectivity index (χ1v) is 8.53. The van der Waals surface area contributed by atoms with E-state index in [0.717, 1.165) is 28.9 Å². The van der Waals surface area contributed by atoms with E-state index in [0.29, 0.717) is 13.0 Å². The second-order valence-corrected chi connectivity index (χ2v) is 6.26. The maximum atomic E-state index is 12.1. The molecule has 0 aliphatic heterocycles. The zero-order valence-electron chi connectivity index (χ0n) is 14.7. The van der Waals surface area contributed by atoms with E-state index in [9.17, 15) is 4.79 Å². The number of rotatable bonds is 6. The van der Waals surface area contributed by atoms with Crippen molar-refractivity contribution in [2.75, 3.05) is 7.11 Å². The third kappa shape index (κ3) is 4.38. The maximum absolute atomic E-state index is 12.1. The Balaban J connectivity index is 1.52. The van der Waals surface area contributed by atoms with Gasteiger partial charge in [-0.25, -0.2) is 0 Å². The SMILES string of the molecule is COc1ccc(CCC(=O)NCc2ccc3ccccc3c2)cc1C. The lowest BCUT2D eigenvalue weighted by Gasteiger charge is -2.09. The van der Waals surface area contributed by atoms with E-state index in [1.54, 1.807) is 7.11 Å². The second kappa shape index (κ2) is 7.84. The first-order valence-electron chi connectivity index (χ1n) is 8.53. The van der Waals surface area contributed by atoms with Gasteiger partial charge in [0.05, 0.1) is 7.11 Å². The number of carbonyl (C=O) groups is 1. The van der Waals surface area contributed by atoms with E-state index >= 15 is 0 Å². The summed E-state index contributed by atoms with van der Waals surface area (Å²) in [5, 5.41) is 5.42. The lowest BCUT2D eigenvalue weighted by atomic mass is 10.1. The second-order valence-electron chi connectivity index (χ2n) is 6.26. The monoisotopic (exact) mass is 333 g/mol. The number of methoxy groups -OCH3 is 1. The average molecular weight is 333 g/mol. The van der Waals surface area contributed by atoms with Crippen LogP contribution in [0.15, 0.2) is 60.7 Å². The van der Waals surface area contributed by atoms with Crippen LogP contribution in [0.1, 0.15) is 23.1 Å². The summed E-state index contributed by atoms with van der Waals surface area (Å²) in [6, 6.07) is 20.6. The molecule has 0 fully saturated rings. The molecule has 0 bridgehead atoms. The van der Waals surface area contributed by atoms with E-state index in [4.69, 9.17) is 4.74 Å². The van der Waals surface area contributed by atoms with Crippen LogP contribution in [0, 0.1) is 6.92 Å². The molecule has 25 heavy (non-hydrogen) atoms. The smallest absolute Gasteiger partial charge is 0.220 e. The number of ether oxygens (including phenoxy) is 1. The van der Waals surface area contributed by atoms with Gasteiger partial charge in [0, 0.05) is 13.0 Å². The highest BCUT2D eigenvalue weighted by molar-refractivity contribution is 5.83. The molecule has 0 spiro atoms. The molecule has 3 aromatic rings. The van der Waals surface area contributed by atoms with E-state index in [-0.39, 0.29) is 5.91 Å². The van der Waals surface area contributed by atoms with Crippen LogP contribution < -0.4 is 10.1 Å². The third-order valence-corrected chi connectivity index (χ3v) is 4.40. The van der Waals surface area contributed by atoms with Gasteiger partial charge in [-0.15, -0.1) is 0 Å². The normalized spacial score (nSPS) is 10.6. The first-order chi connectivity index (χ1) is 12.2. The molecule has 0 radical (unpaired) electrons. The van der Waals surface area contributed by atoms with Gasteiger partial charge >= 0.3 is 0 Å². The van der Waals surface area contributed by atoms with Crippen LogP contribution in [0.5, 0.6) is 5.75 Å². The molecule has 0 unspecified atom stereocenters. The molecular formula is C22H23NO2. The Hall–Kier alpha value is -2.81. The van der Waals surface area contributed by atoms with Crippen molar-refractivity contribution in [3.05, 3.63) is 77.4 Å². The fraction of sp³-hybridized carbons (Fsp3) is 0.227. The van der Waals surface area contributed by atoms with E-state index in [1.807, 2.05) is 31.2 Å². The lowest BCUT2D eigenvalue weighted by Crippen LogP contribution is -2.23. The van der Waals surface area contributed by atoms with Crippen LogP contribution >= 0.6 is 0 Å². The molecule has 3 aromatic carbocycles. The minimum Gasteiger partial charge on any atom is -0.496 e. The quantitative estimate of drug-likeness (QED) is 0.726. The lowest BCUT2D eigenvalue weighted by molar-refractivity contribution is -0.121. The van der Waals surface area contributed by atoms with Crippen molar-refractivity contribution in [1.82, 2.24) is 5.32 Å². The summed E-state index contributed by atoms with van der Waals surface area (Å²) in [6.07, 6.45) is 1.22. The Morgan fingerprint density at radius 2 is 1.72 bits per heavy atom. The van der Waals surface area contributed by atoms with Crippen LogP contribution in [-0.4, -0.2) is 13.0 Å². The number of benzene rings is 3. The van der Waals surface area contributed by atoms with Gasteiger partial charge in [0.25, 0.3) is 0 Å². The van der Waals surface area contributed by atoms with Crippen LogP contribution in [0.4, 0.5) is 0 Å². The summed E-state index contributed by atoms with van der Waals surface area (Å²) in [4.78, 5) is 12.1. The van der Waals surface area contributed by atoms with E-state index in [1.165, 1.54) is 10.8 Å². The van der Waals surface area contributed by atoms with Crippen molar-refractivity contribution < 1.29 is 9.53 Å². The van der Waals surface area contributed by atoms with Crippen molar-refractivity contribution >= 4 is 16.7 Å². The van der Waals surface area contributed by atoms with Crippen LogP contribution in [-0.2, 0) is 17.8 Å². The number of fused-ring (bicyclic) bond motifs is 1. The van der Waals surface area contributed by atoms with Crippen LogP contribution in [0.3, 0.4) is 0 Å². The van der Waals surface area contributed by atoms with Crippen LogP contribution in [0.25, 0.3) is 10.8 Å². The average Bonchev–Trinajstić information content (AvgIpc) is 2.64. The van der Waals surface area contributed by atoms with Gasteiger partial charge in [0.2, 0.25) is 5.91 Å². The standard InChI is InChI=1S/C22H23NO2/c1-16-13-17(8-11-21(16)25-2)9-12-22(24)23-15-18-7-10-19-5-3-4-6-20(19)14-18/h3-8,10-11,13-14H,9,12,15H2,1-2H3,(H,23,24). The van der Waals surface area contributed by atoms with Crippen molar-refractivity contribution in [3.8, 4) is 5.75 Å². The molecule has 1 amide bonds. The molecule has 3 heteroatoms. The third-order valence-electron chi connectivity index (χ3n) is 4.40. The summed E-state index contributed by atoms with van der Waals surface area (Å²) < 4.78 is 5.26. The summed E-state index contributed by atoms with van der Waals surface area (Å²) >= 11 is 0. The Morgan fingerprint density at radius 3 is 2.48 bits per heavy atom. The van der Waals surface area contributed by atoms with Crippen molar-refractivity contribution in [2.24, 2.45) is 0 Å². The van der Waals surface area contributed by atoms with Gasteiger partial charge in [-0.3, -0.25) is 4.79 Å². The molecule has 0 saturated carbocycles. The molecule has 128 valence electrons. The molecule has 0 saturated heterocycles. The van der Waals surface area contributed by atoms with Crippen molar-refractivity contribution in [3.63, 3.8) is 0 Å². The summed E-state index contributed by atoms with van der Waals surface area (Å²) in [5.74, 6) is 0.950. The Labute approximate surface area is 148 Å². The van der Waals surface area contributed by atoms with Gasteiger partial charge in [-0.05, 0) is 52.9 Å². The maximum Gasteiger partial charge on any atom is 0.220 e. The Kier molecular flexibility index (Phi) is 5.34. The molecule has 0 aromatic heterocycles. The number of hydrogen-bond acceptors (Lipinski definition) is 2. The number of amides is 1. The Bertz CT molecular complexity index is 886. The first kappa shape index (κ1) is 17.0. The largest absolute Gasteiger partial charge is 0.496 e. The highest BCUT2D eigenvalue weighted by Gasteiger charge is 2.05. The molecule has 0 heterocycles. The summed E-state index contributed by atoms with van der Waals surface area (Å²) in [7, 11) is 1.67. The minimum atomic E-state index is 0.0710. The van der Waals surface area contributed by atoms with E-state index in [2.05, 4.69) is 41.7 Å². The van der Waals surface area contributed by atoms with Crippen molar-refractivity contribution in [1.29, 1.82) is 0 Å². The highest BCUT2D eigenvalue weighted by Crippen LogP contribution is 2.19. The molecule has 1 N–H and O–H groups in total. The molecule has 0 aliphatic rings. The van der Waals surface area contributed by atoms with Gasteiger partial charge in [-0.1, -0.05) is 48.5 Å². The number of nitrogens with one attached hydrogen (secondary N) is 1. The minimum absolute atomic E-state index is 0.0710. The molecule has 0 atom stereocenters.